The quantitative estimate of drug-likeness (QED) is 0.610. The molecular formula is C8H5N2O. The van der Waals surface area contributed by atoms with Gasteiger partial charge in [-0.25, -0.2) is 0 Å². The second-order valence-corrected chi connectivity index (χ2v) is 2.04. The Morgan fingerprint density at radius 1 is 1.36 bits per heavy atom. The van der Waals surface area contributed by atoms with Crippen LogP contribution in [0.2, 0.25) is 0 Å². The maximum absolute atomic E-state index is 4.78. The van der Waals surface area contributed by atoms with Crippen molar-refractivity contribution in [3.8, 4) is 11.3 Å². The third kappa shape index (κ3) is 1.12. The van der Waals surface area contributed by atoms with E-state index in [1.54, 1.807) is 30.9 Å². The molecule has 0 aliphatic heterocycles. The van der Waals surface area contributed by atoms with Gasteiger partial charge in [-0.15, -0.1) is 0 Å². The standard InChI is InChI=1S/C8H5N2O/c1-4-11-6-7(1)8-5-9-2-3-10-8/h1-3,5-6H. The van der Waals surface area contributed by atoms with E-state index in [2.05, 4.69) is 16.2 Å². The highest BCUT2D eigenvalue weighted by Crippen LogP contribution is 2.13. The van der Waals surface area contributed by atoms with Crippen molar-refractivity contribution in [3.05, 3.63) is 37.2 Å². The van der Waals surface area contributed by atoms with E-state index in [1.807, 2.05) is 0 Å². The summed E-state index contributed by atoms with van der Waals surface area (Å²) in [6.07, 6.45) is 9.13. The topological polar surface area (TPSA) is 38.9 Å². The zero-order valence-electron chi connectivity index (χ0n) is 5.69. The Balaban J connectivity index is 2.46. The van der Waals surface area contributed by atoms with Crippen LogP contribution in [0.5, 0.6) is 0 Å². The fourth-order valence-electron chi connectivity index (χ4n) is 0.812. The predicted octanol–water partition coefficient (Wildman–Crippen LogP) is 1.54. The molecule has 53 valence electrons. The van der Waals surface area contributed by atoms with Crippen molar-refractivity contribution >= 4 is 0 Å². The van der Waals surface area contributed by atoms with Crippen LogP contribution in [0.3, 0.4) is 0 Å². The van der Waals surface area contributed by atoms with Gasteiger partial charge in [0.1, 0.15) is 6.26 Å². The molecule has 0 fully saturated rings. The van der Waals surface area contributed by atoms with Crippen LogP contribution in [0, 0.1) is 6.26 Å². The molecule has 0 spiro atoms. The van der Waals surface area contributed by atoms with Gasteiger partial charge in [-0.05, 0) is 6.07 Å². The zero-order valence-corrected chi connectivity index (χ0v) is 5.69. The van der Waals surface area contributed by atoms with Gasteiger partial charge in [-0.3, -0.25) is 9.97 Å². The van der Waals surface area contributed by atoms with Crippen LogP contribution in [0.4, 0.5) is 0 Å². The van der Waals surface area contributed by atoms with E-state index in [0.29, 0.717) is 0 Å². The fraction of sp³-hybridized carbons (Fsp3) is 0. The summed E-state index contributed by atoms with van der Waals surface area (Å²) in [4.78, 5) is 8.00. The number of rotatable bonds is 1. The fourth-order valence-corrected chi connectivity index (χ4v) is 0.812. The van der Waals surface area contributed by atoms with E-state index in [1.165, 1.54) is 0 Å². The minimum absolute atomic E-state index is 0.803. The molecule has 0 atom stereocenters. The van der Waals surface area contributed by atoms with Gasteiger partial charge in [-0.1, -0.05) is 0 Å². The largest absolute Gasteiger partial charge is 0.460 e. The molecule has 0 amide bonds. The van der Waals surface area contributed by atoms with Crippen LogP contribution in [0.15, 0.2) is 35.3 Å². The van der Waals surface area contributed by atoms with Gasteiger partial charge < -0.3 is 4.42 Å². The zero-order chi connectivity index (χ0) is 7.52. The van der Waals surface area contributed by atoms with E-state index in [9.17, 15) is 0 Å². The maximum Gasteiger partial charge on any atom is 0.169 e. The maximum atomic E-state index is 4.78. The Bertz CT molecular complexity index is 315. The van der Waals surface area contributed by atoms with E-state index >= 15 is 0 Å². The second kappa shape index (κ2) is 2.54. The van der Waals surface area contributed by atoms with Crippen LogP contribution < -0.4 is 0 Å². The van der Waals surface area contributed by atoms with Gasteiger partial charge in [0.15, 0.2) is 6.26 Å². The van der Waals surface area contributed by atoms with Crippen molar-refractivity contribution < 1.29 is 4.42 Å². The summed E-state index contributed by atoms with van der Waals surface area (Å²) in [6.45, 7) is 0. The van der Waals surface area contributed by atoms with Gasteiger partial charge in [0.05, 0.1) is 11.9 Å². The SMILES string of the molecule is [c]1cc(-c2cnccn2)co1. The number of hydrogen-bond donors (Lipinski definition) is 0. The monoisotopic (exact) mass is 145 g/mol. The van der Waals surface area contributed by atoms with Gasteiger partial charge in [0, 0.05) is 18.0 Å². The van der Waals surface area contributed by atoms with E-state index < -0.39 is 0 Å². The molecule has 3 nitrogen and oxygen atoms in total. The first-order valence-corrected chi connectivity index (χ1v) is 3.18. The molecule has 2 aromatic rings. The minimum Gasteiger partial charge on any atom is -0.460 e. The highest BCUT2D eigenvalue weighted by Gasteiger charge is 1.97. The highest BCUT2D eigenvalue weighted by atomic mass is 16.3. The lowest BCUT2D eigenvalue weighted by molar-refractivity contribution is 0.559. The molecule has 2 rings (SSSR count). The molecule has 0 aliphatic rings. The molecule has 2 heterocycles. The molecule has 0 N–H and O–H groups in total. The van der Waals surface area contributed by atoms with E-state index in [4.69, 9.17) is 4.42 Å². The molecule has 0 aliphatic carbocycles. The molecule has 0 bridgehead atoms. The molecule has 3 heteroatoms. The second-order valence-electron chi connectivity index (χ2n) is 2.04. The van der Waals surface area contributed by atoms with Crippen molar-refractivity contribution in [1.29, 1.82) is 0 Å². The number of nitrogens with zero attached hydrogens (tertiary/aromatic N) is 2. The van der Waals surface area contributed by atoms with Crippen molar-refractivity contribution in [3.63, 3.8) is 0 Å². The first kappa shape index (κ1) is 6.09. The van der Waals surface area contributed by atoms with Crippen molar-refractivity contribution in [2.24, 2.45) is 0 Å². The van der Waals surface area contributed by atoms with Crippen LogP contribution in [-0.4, -0.2) is 9.97 Å². The molecule has 0 saturated carbocycles. The summed E-state index contributed by atoms with van der Waals surface area (Å²) < 4.78 is 4.78. The number of hydrogen-bond acceptors (Lipinski definition) is 3. The summed E-state index contributed by atoms with van der Waals surface area (Å²) in [6, 6.07) is 1.73. The van der Waals surface area contributed by atoms with E-state index in [-0.39, 0.29) is 0 Å². The average molecular weight is 145 g/mol. The van der Waals surface area contributed by atoms with Crippen molar-refractivity contribution in [2.75, 3.05) is 0 Å². The Morgan fingerprint density at radius 2 is 2.36 bits per heavy atom. The van der Waals surface area contributed by atoms with E-state index in [0.717, 1.165) is 11.3 Å². The first-order valence-electron chi connectivity index (χ1n) is 3.18. The molecule has 0 saturated heterocycles. The summed E-state index contributed by atoms with van der Waals surface area (Å²) in [5.41, 5.74) is 1.70. The van der Waals surface area contributed by atoms with Crippen LogP contribution in [-0.2, 0) is 0 Å². The van der Waals surface area contributed by atoms with Crippen LogP contribution in [0.1, 0.15) is 0 Å². The van der Waals surface area contributed by atoms with Crippen LogP contribution >= 0.6 is 0 Å². The highest BCUT2D eigenvalue weighted by molar-refractivity contribution is 5.55. The summed E-state index contributed by atoms with van der Waals surface area (Å²) >= 11 is 0. The summed E-state index contributed by atoms with van der Waals surface area (Å²) in [5.74, 6) is 0. The smallest absolute Gasteiger partial charge is 0.169 e. The number of furan rings is 1. The lowest BCUT2D eigenvalue weighted by atomic mass is 10.3. The van der Waals surface area contributed by atoms with Gasteiger partial charge in [-0.2, -0.15) is 0 Å². The predicted molar refractivity (Wildman–Crippen MR) is 38.6 cm³/mol. The first-order chi connectivity index (χ1) is 5.47. The van der Waals surface area contributed by atoms with Gasteiger partial charge >= 0.3 is 0 Å². The van der Waals surface area contributed by atoms with Gasteiger partial charge in [0.25, 0.3) is 0 Å². The Morgan fingerprint density at radius 3 is 3.00 bits per heavy atom. The summed E-state index contributed by atoms with van der Waals surface area (Å²) in [7, 11) is 0. The van der Waals surface area contributed by atoms with Crippen molar-refractivity contribution in [1.82, 2.24) is 9.97 Å². The average Bonchev–Trinajstić information content (AvgIpc) is 2.58. The molecule has 2 aromatic heterocycles. The Hall–Kier alpha value is -1.64. The lowest BCUT2D eigenvalue weighted by Crippen LogP contribution is -1.80. The number of aromatic nitrogens is 2. The Labute approximate surface area is 63.7 Å². The minimum atomic E-state index is 0.803. The summed E-state index contributed by atoms with van der Waals surface area (Å²) in [5, 5.41) is 0. The molecule has 11 heavy (non-hydrogen) atoms. The molecular weight excluding hydrogens is 140 g/mol. The Kier molecular flexibility index (Phi) is 1.41. The third-order valence-corrected chi connectivity index (χ3v) is 1.33. The molecule has 0 aromatic carbocycles. The van der Waals surface area contributed by atoms with Crippen LogP contribution in [0.25, 0.3) is 11.3 Å². The lowest BCUT2D eigenvalue weighted by Gasteiger charge is -1.90. The molecule has 0 unspecified atom stereocenters. The van der Waals surface area contributed by atoms with Gasteiger partial charge in [0.2, 0.25) is 0 Å². The van der Waals surface area contributed by atoms with Crippen molar-refractivity contribution in [2.45, 2.75) is 0 Å². The normalized spacial score (nSPS) is 9.82. The molecule has 1 radical (unpaired) electrons. The third-order valence-electron chi connectivity index (χ3n) is 1.33.